The highest BCUT2D eigenvalue weighted by atomic mass is 32.1. The summed E-state index contributed by atoms with van der Waals surface area (Å²) in [6.07, 6.45) is 2.24. The van der Waals surface area contributed by atoms with Gasteiger partial charge in [-0.05, 0) is 52.7 Å². The van der Waals surface area contributed by atoms with Crippen LogP contribution in [0.25, 0.3) is 10.6 Å². The summed E-state index contributed by atoms with van der Waals surface area (Å²) in [6, 6.07) is 19.8. The van der Waals surface area contributed by atoms with Crippen LogP contribution in [0.5, 0.6) is 0 Å². The van der Waals surface area contributed by atoms with E-state index in [0.717, 1.165) is 21.7 Å². The SMILES string of the molecule is C[C@@H](c1ccc(-c2ncc(C(=O)NC(C)(C)C)s2)cc1)N1CCC(CC(C)(C)C#N)(c2ccccc2)OC1=O. The Labute approximate surface area is 234 Å². The van der Waals surface area contributed by atoms with Crippen LogP contribution in [0.1, 0.15) is 81.2 Å². The Hall–Kier alpha value is -3.70. The van der Waals surface area contributed by atoms with Gasteiger partial charge < -0.3 is 15.0 Å². The van der Waals surface area contributed by atoms with E-state index >= 15 is 0 Å². The lowest BCUT2D eigenvalue weighted by Gasteiger charge is -2.45. The van der Waals surface area contributed by atoms with Crippen molar-refractivity contribution >= 4 is 23.3 Å². The van der Waals surface area contributed by atoms with Crippen molar-refractivity contribution in [3.8, 4) is 16.6 Å². The number of carbonyl (C=O) groups excluding carboxylic acids is 2. The first-order valence-electron chi connectivity index (χ1n) is 13.2. The Morgan fingerprint density at radius 3 is 2.41 bits per heavy atom. The Bertz CT molecular complexity index is 1370. The molecule has 1 unspecified atom stereocenters. The van der Waals surface area contributed by atoms with Crippen LogP contribution in [0.3, 0.4) is 0 Å². The van der Waals surface area contributed by atoms with E-state index in [9.17, 15) is 14.9 Å². The lowest BCUT2D eigenvalue weighted by Crippen LogP contribution is -2.50. The molecular weight excluding hydrogens is 508 g/mol. The molecule has 1 N–H and O–H groups in total. The number of carbonyl (C=O) groups is 2. The summed E-state index contributed by atoms with van der Waals surface area (Å²) >= 11 is 1.35. The van der Waals surface area contributed by atoms with Crippen LogP contribution in [-0.2, 0) is 10.3 Å². The number of cyclic esters (lactones) is 1. The fraction of sp³-hybridized carbons (Fsp3) is 0.419. The number of benzene rings is 2. The molecule has 1 aromatic heterocycles. The summed E-state index contributed by atoms with van der Waals surface area (Å²) in [5.41, 5.74) is 0.984. The van der Waals surface area contributed by atoms with Gasteiger partial charge in [0.05, 0.1) is 23.7 Å². The Kier molecular flexibility index (Phi) is 7.85. The highest BCUT2D eigenvalue weighted by Gasteiger charge is 2.46. The number of nitrogens with one attached hydrogen (secondary N) is 1. The van der Waals surface area contributed by atoms with Crippen LogP contribution in [-0.4, -0.2) is 34.0 Å². The molecule has 1 aliphatic heterocycles. The summed E-state index contributed by atoms with van der Waals surface area (Å²) in [6.45, 7) is 12.1. The molecule has 2 aromatic carbocycles. The van der Waals surface area contributed by atoms with E-state index in [0.29, 0.717) is 24.3 Å². The number of thiazole rings is 1. The van der Waals surface area contributed by atoms with Gasteiger partial charge in [-0.1, -0.05) is 54.6 Å². The minimum Gasteiger partial charge on any atom is -0.438 e. The molecule has 2 amide bonds. The molecule has 204 valence electrons. The molecule has 1 saturated heterocycles. The molecule has 3 aromatic rings. The van der Waals surface area contributed by atoms with Crippen LogP contribution in [0.15, 0.2) is 60.8 Å². The van der Waals surface area contributed by atoms with Crippen molar-refractivity contribution in [3.63, 3.8) is 0 Å². The number of aromatic nitrogens is 1. The molecule has 0 bridgehead atoms. The third-order valence-corrected chi connectivity index (χ3v) is 7.97. The number of nitrogens with zero attached hydrogens (tertiary/aromatic N) is 3. The molecule has 8 heteroatoms. The van der Waals surface area contributed by atoms with Crippen molar-refractivity contribution < 1.29 is 14.3 Å². The van der Waals surface area contributed by atoms with E-state index in [1.165, 1.54) is 11.3 Å². The second kappa shape index (κ2) is 10.8. The van der Waals surface area contributed by atoms with E-state index in [1.807, 2.05) is 96.1 Å². The fourth-order valence-electron chi connectivity index (χ4n) is 4.94. The second-order valence-electron chi connectivity index (χ2n) is 11.9. The molecule has 0 spiro atoms. The van der Waals surface area contributed by atoms with Gasteiger partial charge in [-0.2, -0.15) is 5.26 Å². The van der Waals surface area contributed by atoms with Gasteiger partial charge in [0.2, 0.25) is 0 Å². The average molecular weight is 545 g/mol. The molecule has 0 aliphatic carbocycles. The van der Waals surface area contributed by atoms with Crippen molar-refractivity contribution in [3.05, 3.63) is 76.8 Å². The largest absolute Gasteiger partial charge is 0.438 e. The maximum absolute atomic E-state index is 13.4. The van der Waals surface area contributed by atoms with E-state index in [1.54, 1.807) is 11.1 Å². The first-order valence-corrected chi connectivity index (χ1v) is 14.0. The topological polar surface area (TPSA) is 95.3 Å². The van der Waals surface area contributed by atoms with Crippen molar-refractivity contribution in [1.29, 1.82) is 5.26 Å². The Morgan fingerprint density at radius 2 is 1.82 bits per heavy atom. The van der Waals surface area contributed by atoms with Gasteiger partial charge in [-0.25, -0.2) is 9.78 Å². The van der Waals surface area contributed by atoms with Crippen molar-refractivity contribution in [2.24, 2.45) is 5.41 Å². The van der Waals surface area contributed by atoms with Crippen LogP contribution in [0.4, 0.5) is 4.79 Å². The van der Waals surface area contributed by atoms with Gasteiger partial charge in [0.15, 0.2) is 0 Å². The zero-order valence-electron chi connectivity index (χ0n) is 23.4. The van der Waals surface area contributed by atoms with Gasteiger partial charge in [-0.15, -0.1) is 11.3 Å². The zero-order valence-corrected chi connectivity index (χ0v) is 24.3. The quantitative estimate of drug-likeness (QED) is 0.343. The van der Waals surface area contributed by atoms with Crippen molar-refractivity contribution in [2.75, 3.05) is 6.54 Å². The molecule has 0 radical (unpaired) electrons. The van der Waals surface area contributed by atoms with Crippen LogP contribution in [0.2, 0.25) is 0 Å². The number of hydrogen-bond acceptors (Lipinski definition) is 6. The minimum atomic E-state index is -0.848. The molecule has 4 rings (SSSR count). The first-order chi connectivity index (χ1) is 18.3. The van der Waals surface area contributed by atoms with E-state index in [2.05, 4.69) is 16.4 Å². The monoisotopic (exact) mass is 544 g/mol. The summed E-state index contributed by atoms with van der Waals surface area (Å²) in [7, 11) is 0. The van der Waals surface area contributed by atoms with Gasteiger partial charge in [0.25, 0.3) is 5.91 Å². The first kappa shape index (κ1) is 28.3. The molecule has 2 heterocycles. The summed E-state index contributed by atoms with van der Waals surface area (Å²) in [4.78, 5) is 32.6. The van der Waals surface area contributed by atoms with Crippen LogP contribution >= 0.6 is 11.3 Å². The molecular formula is C31H36N4O3S. The lowest BCUT2D eigenvalue weighted by atomic mass is 9.75. The maximum Gasteiger partial charge on any atom is 0.411 e. The summed E-state index contributed by atoms with van der Waals surface area (Å²) in [5.74, 6) is -0.134. The third kappa shape index (κ3) is 6.48. The van der Waals surface area contributed by atoms with Gasteiger partial charge >= 0.3 is 6.09 Å². The summed E-state index contributed by atoms with van der Waals surface area (Å²) in [5, 5.41) is 13.4. The predicted octanol–water partition coefficient (Wildman–Crippen LogP) is 7.08. The number of rotatable bonds is 7. The van der Waals surface area contributed by atoms with E-state index < -0.39 is 11.0 Å². The van der Waals surface area contributed by atoms with Crippen molar-refractivity contribution in [1.82, 2.24) is 15.2 Å². The molecule has 39 heavy (non-hydrogen) atoms. The summed E-state index contributed by atoms with van der Waals surface area (Å²) < 4.78 is 6.20. The number of ether oxygens (including phenoxy) is 1. The standard InChI is InChI=1S/C31H36N4O3S/c1-21(22-12-14-23(15-13-22)27-33-18-25(39-27)26(36)34-29(2,3)4)35-17-16-31(38-28(35)37,19-30(5,6)20-32)24-10-8-7-9-11-24/h7-15,18,21H,16-17,19H2,1-6H3,(H,34,36)/t21-,31?/m0/s1. The minimum absolute atomic E-state index is 0.134. The lowest BCUT2D eigenvalue weighted by molar-refractivity contribution is -0.0770. The number of nitriles is 1. The highest BCUT2D eigenvalue weighted by molar-refractivity contribution is 7.16. The van der Waals surface area contributed by atoms with Crippen LogP contribution < -0.4 is 5.32 Å². The Balaban J connectivity index is 1.49. The molecule has 2 atom stereocenters. The van der Waals surface area contributed by atoms with E-state index in [4.69, 9.17) is 4.74 Å². The third-order valence-electron chi connectivity index (χ3n) is 6.93. The van der Waals surface area contributed by atoms with Crippen molar-refractivity contribution in [2.45, 2.75) is 71.6 Å². The zero-order chi connectivity index (χ0) is 28.4. The fourth-order valence-corrected chi connectivity index (χ4v) is 5.76. The van der Waals surface area contributed by atoms with Gasteiger partial charge in [0.1, 0.15) is 15.5 Å². The molecule has 1 aliphatic rings. The molecule has 0 saturated carbocycles. The number of amides is 2. The predicted molar refractivity (Wildman–Crippen MR) is 153 cm³/mol. The van der Waals surface area contributed by atoms with E-state index in [-0.39, 0.29) is 23.6 Å². The van der Waals surface area contributed by atoms with Gasteiger partial charge in [0, 0.05) is 30.5 Å². The average Bonchev–Trinajstić information content (AvgIpc) is 3.39. The number of hydrogen-bond donors (Lipinski definition) is 1. The van der Waals surface area contributed by atoms with Crippen LogP contribution in [0, 0.1) is 16.7 Å². The molecule has 7 nitrogen and oxygen atoms in total. The van der Waals surface area contributed by atoms with Gasteiger partial charge in [-0.3, -0.25) is 4.79 Å². The normalized spacial score (nSPS) is 18.7. The second-order valence-corrected chi connectivity index (χ2v) is 12.9. The highest BCUT2D eigenvalue weighted by Crippen LogP contribution is 2.44. The molecule has 1 fully saturated rings. The maximum atomic E-state index is 13.4. The Morgan fingerprint density at radius 1 is 1.15 bits per heavy atom. The smallest absolute Gasteiger partial charge is 0.411 e.